The summed E-state index contributed by atoms with van der Waals surface area (Å²) < 4.78 is 0. The topological polar surface area (TPSA) is 83.6 Å². The highest BCUT2D eigenvalue weighted by Gasteiger charge is 2.46. The van der Waals surface area contributed by atoms with E-state index in [1.807, 2.05) is 0 Å². The van der Waals surface area contributed by atoms with Gasteiger partial charge in [0.25, 0.3) is 0 Å². The molecule has 0 spiro atoms. The molecule has 2 fully saturated rings. The molecule has 5 nitrogen and oxygen atoms in total. The number of rotatable bonds is 3. The van der Waals surface area contributed by atoms with Crippen LogP contribution in [0.15, 0.2) is 0 Å². The molecular formula is C16H28N2O3. The molecule has 2 aliphatic rings. The predicted octanol–water partition coefficient (Wildman–Crippen LogP) is 1.85. The van der Waals surface area contributed by atoms with Crippen LogP contribution in [0.1, 0.15) is 52.4 Å². The second-order valence-electron chi connectivity index (χ2n) is 7.36. The van der Waals surface area contributed by atoms with Crippen LogP contribution in [-0.4, -0.2) is 41.5 Å². The van der Waals surface area contributed by atoms with Crippen LogP contribution < -0.4 is 5.73 Å². The van der Waals surface area contributed by atoms with Crippen LogP contribution in [0, 0.1) is 16.7 Å². The summed E-state index contributed by atoms with van der Waals surface area (Å²) in [7, 11) is 0. The van der Waals surface area contributed by atoms with Gasteiger partial charge in [-0.3, -0.25) is 9.59 Å². The molecule has 1 saturated heterocycles. The monoisotopic (exact) mass is 296 g/mol. The Hall–Kier alpha value is -1.10. The SMILES string of the molecule is CC1CCC(CN)(C(=O)N2CCCC(C)(C(=O)O)C2)CC1. The van der Waals surface area contributed by atoms with Crippen molar-refractivity contribution in [1.29, 1.82) is 0 Å². The van der Waals surface area contributed by atoms with Crippen LogP contribution in [0.5, 0.6) is 0 Å². The maximum atomic E-state index is 13.0. The zero-order chi connectivity index (χ0) is 15.7. The Kier molecular flexibility index (Phi) is 4.61. The number of piperidine rings is 1. The van der Waals surface area contributed by atoms with E-state index in [9.17, 15) is 14.7 Å². The standard InChI is InChI=1S/C16H28N2O3/c1-12-4-7-16(10-17,8-5-12)13(19)18-9-3-6-15(2,11-18)14(20)21/h12H,3-11,17H2,1-2H3,(H,20,21). The zero-order valence-corrected chi connectivity index (χ0v) is 13.2. The third-order valence-electron chi connectivity index (χ3n) is 5.58. The molecule has 0 aromatic carbocycles. The second-order valence-corrected chi connectivity index (χ2v) is 7.36. The summed E-state index contributed by atoms with van der Waals surface area (Å²) in [6.45, 7) is 5.32. The summed E-state index contributed by atoms with van der Waals surface area (Å²) >= 11 is 0. The zero-order valence-electron chi connectivity index (χ0n) is 13.2. The lowest BCUT2D eigenvalue weighted by Crippen LogP contribution is -2.55. The molecule has 0 aromatic rings. The average Bonchev–Trinajstić information content (AvgIpc) is 2.48. The highest BCUT2D eigenvalue weighted by molar-refractivity contribution is 5.84. The Labute approximate surface area is 126 Å². The molecule has 1 aliphatic carbocycles. The summed E-state index contributed by atoms with van der Waals surface area (Å²) in [6, 6.07) is 0. The van der Waals surface area contributed by atoms with Gasteiger partial charge in [-0.1, -0.05) is 6.92 Å². The van der Waals surface area contributed by atoms with Crippen LogP contribution in [0.4, 0.5) is 0 Å². The fourth-order valence-electron chi connectivity index (χ4n) is 3.74. The summed E-state index contributed by atoms with van der Waals surface area (Å²) in [5, 5.41) is 9.40. The van der Waals surface area contributed by atoms with Gasteiger partial charge in [-0.05, 0) is 51.4 Å². The number of carbonyl (C=O) groups excluding carboxylic acids is 1. The minimum absolute atomic E-state index is 0.0871. The van der Waals surface area contributed by atoms with Crippen LogP contribution in [0.2, 0.25) is 0 Å². The molecule has 1 unspecified atom stereocenters. The Morgan fingerprint density at radius 3 is 2.43 bits per heavy atom. The van der Waals surface area contributed by atoms with Crippen LogP contribution in [-0.2, 0) is 9.59 Å². The van der Waals surface area contributed by atoms with E-state index in [2.05, 4.69) is 6.92 Å². The largest absolute Gasteiger partial charge is 0.481 e. The van der Waals surface area contributed by atoms with E-state index in [-0.39, 0.29) is 5.91 Å². The average molecular weight is 296 g/mol. The van der Waals surface area contributed by atoms with Gasteiger partial charge in [-0.2, -0.15) is 0 Å². The first-order valence-corrected chi connectivity index (χ1v) is 8.06. The van der Waals surface area contributed by atoms with Crippen molar-refractivity contribution < 1.29 is 14.7 Å². The molecule has 1 aliphatic heterocycles. The Bertz CT molecular complexity index is 416. The van der Waals surface area contributed by atoms with Crippen LogP contribution in [0.3, 0.4) is 0 Å². The number of aliphatic carboxylic acids is 1. The van der Waals surface area contributed by atoms with Gasteiger partial charge in [0.05, 0.1) is 10.8 Å². The molecule has 3 N–H and O–H groups in total. The van der Waals surface area contributed by atoms with Crippen molar-refractivity contribution >= 4 is 11.9 Å². The number of nitrogens with zero attached hydrogens (tertiary/aromatic N) is 1. The van der Waals surface area contributed by atoms with Gasteiger partial charge in [0.2, 0.25) is 5.91 Å². The van der Waals surface area contributed by atoms with Gasteiger partial charge < -0.3 is 15.7 Å². The molecule has 0 radical (unpaired) electrons. The van der Waals surface area contributed by atoms with Gasteiger partial charge in [0, 0.05) is 19.6 Å². The highest BCUT2D eigenvalue weighted by Crippen LogP contribution is 2.41. The van der Waals surface area contributed by atoms with E-state index in [4.69, 9.17) is 5.73 Å². The quantitative estimate of drug-likeness (QED) is 0.832. The van der Waals surface area contributed by atoms with Gasteiger partial charge in [0.1, 0.15) is 0 Å². The Morgan fingerprint density at radius 1 is 1.29 bits per heavy atom. The smallest absolute Gasteiger partial charge is 0.311 e. The molecular weight excluding hydrogens is 268 g/mol. The normalized spacial score (nSPS) is 37.3. The van der Waals surface area contributed by atoms with E-state index in [0.29, 0.717) is 32.0 Å². The van der Waals surface area contributed by atoms with E-state index < -0.39 is 16.8 Å². The molecule has 1 heterocycles. The van der Waals surface area contributed by atoms with Crippen LogP contribution in [0.25, 0.3) is 0 Å². The maximum absolute atomic E-state index is 13.0. The van der Waals surface area contributed by atoms with E-state index >= 15 is 0 Å². The molecule has 0 bridgehead atoms. The van der Waals surface area contributed by atoms with Crippen molar-refractivity contribution in [2.75, 3.05) is 19.6 Å². The van der Waals surface area contributed by atoms with Gasteiger partial charge >= 0.3 is 5.97 Å². The van der Waals surface area contributed by atoms with Crippen molar-refractivity contribution in [3.63, 3.8) is 0 Å². The van der Waals surface area contributed by atoms with E-state index in [0.717, 1.165) is 32.1 Å². The first-order valence-electron chi connectivity index (χ1n) is 8.06. The Balaban J connectivity index is 2.12. The van der Waals surface area contributed by atoms with E-state index in [1.165, 1.54) is 0 Å². The summed E-state index contributed by atoms with van der Waals surface area (Å²) in [6.07, 6.45) is 5.14. The summed E-state index contributed by atoms with van der Waals surface area (Å²) in [5.74, 6) is -0.0637. The number of nitrogens with two attached hydrogens (primary N) is 1. The van der Waals surface area contributed by atoms with Crippen molar-refractivity contribution in [2.45, 2.75) is 52.4 Å². The second kappa shape index (κ2) is 5.95. The molecule has 5 heteroatoms. The van der Waals surface area contributed by atoms with Crippen molar-refractivity contribution in [1.82, 2.24) is 4.90 Å². The number of carbonyl (C=O) groups is 2. The predicted molar refractivity (Wildman–Crippen MR) is 80.7 cm³/mol. The molecule has 1 atom stereocenters. The van der Waals surface area contributed by atoms with Crippen molar-refractivity contribution in [3.8, 4) is 0 Å². The minimum atomic E-state index is -0.814. The third kappa shape index (κ3) is 3.07. The lowest BCUT2D eigenvalue weighted by molar-refractivity contribution is -0.157. The lowest BCUT2D eigenvalue weighted by atomic mass is 9.69. The molecule has 2 rings (SSSR count). The first kappa shape index (κ1) is 16.3. The first-order chi connectivity index (χ1) is 9.83. The Morgan fingerprint density at radius 2 is 1.90 bits per heavy atom. The number of hydrogen-bond acceptors (Lipinski definition) is 3. The molecule has 1 saturated carbocycles. The maximum Gasteiger partial charge on any atom is 0.311 e. The summed E-state index contributed by atoms with van der Waals surface area (Å²) in [5.41, 5.74) is 4.69. The van der Waals surface area contributed by atoms with E-state index in [1.54, 1.807) is 11.8 Å². The summed E-state index contributed by atoms with van der Waals surface area (Å²) in [4.78, 5) is 26.2. The minimum Gasteiger partial charge on any atom is -0.481 e. The fraction of sp³-hybridized carbons (Fsp3) is 0.875. The number of amides is 1. The molecule has 21 heavy (non-hydrogen) atoms. The van der Waals surface area contributed by atoms with Gasteiger partial charge in [-0.25, -0.2) is 0 Å². The van der Waals surface area contributed by atoms with Crippen molar-refractivity contribution in [3.05, 3.63) is 0 Å². The van der Waals surface area contributed by atoms with Gasteiger partial charge in [-0.15, -0.1) is 0 Å². The lowest BCUT2D eigenvalue weighted by Gasteiger charge is -2.44. The number of carboxylic acid groups (broad SMARTS) is 1. The number of likely N-dealkylation sites (tertiary alicyclic amines) is 1. The van der Waals surface area contributed by atoms with Crippen LogP contribution >= 0.6 is 0 Å². The molecule has 0 aromatic heterocycles. The van der Waals surface area contributed by atoms with Crippen molar-refractivity contribution in [2.24, 2.45) is 22.5 Å². The number of carboxylic acids is 1. The number of hydrogen-bond donors (Lipinski definition) is 2. The molecule has 1 amide bonds. The third-order valence-corrected chi connectivity index (χ3v) is 5.58. The molecule has 120 valence electrons. The fourth-order valence-corrected chi connectivity index (χ4v) is 3.74. The highest BCUT2D eigenvalue weighted by atomic mass is 16.4. The van der Waals surface area contributed by atoms with Gasteiger partial charge in [0.15, 0.2) is 0 Å².